The number of carboxylic acids is 2. The van der Waals surface area contributed by atoms with Gasteiger partial charge in [-0.25, -0.2) is 24.4 Å². The fourth-order valence-corrected chi connectivity index (χ4v) is 6.10. The van der Waals surface area contributed by atoms with Gasteiger partial charge >= 0.3 is 24.2 Å². The zero-order valence-corrected chi connectivity index (χ0v) is 31.3. The van der Waals surface area contributed by atoms with Crippen LogP contribution in [0.25, 0.3) is 0 Å². The molecule has 1 aromatic rings. The quantitative estimate of drug-likeness (QED) is 0.107. The molecular weight excluding hydrogens is 699 g/mol. The Kier molecular flexibility index (Phi) is 20.0. The molecule has 1 fully saturated rings. The average molecular weight is 754 g/mol. The number of hydroxylamine groups is 2. The van der Waals surface area contributed by atoms with E-state index in [1.807, 2.05) is 39.6 Å². The van der Waals surface area contributed by atoms with Crippen molar-refractivity contribution >= 4 is 41.2 Å². The van der Waals surface area contributed by atoms with Gasteiger partial charge in [-0.2, -0.15) is 13.2 Å². The summed E-state index contributed by atoms with van der Waals surface area (Å²) in [7, 11) is 3.37. The lowest BCUT2D eigenvalue weighted by molar-refractivity contribution is -0.212. The van der Waals surface area contributed by atoms with Crippen molar-refractivity contribution in [3.05, 3.63) is 16.1 Å². The molecule has 14 nitrogen and oxygen atoms in total. The minimum Gasteiger partial charge on any atom is -0.476 e. The lowest BCUT2D eigenvalue weighted by Crippen LogP contribution is -2.58. The smallest absolute Gasteiger partial charge is 0.476 e. The first kappa shape index (κ1) is 45.5. The Hall–Kier alpha value is -3.51. The Morgan fingerprint density at radius 1 is 1.10 bits per heavy atom. The van der Waals surface area contributed by atoms with Gasteiger partial charge in [0.15, 0.2) is 11.8 Å². The lowest BCUT2D eigenvalue weighted by atomic mass is 9.93. The van der Waals surface area contributed by atoms with Crippen LogP contribution in [0.3, 0.4) is 0 Å². The second kappa shape index (κ2) is 22.4. The number of carboxylic acid groups (broad SMARTS) is 2. The third-order valence-electron chi connectivity index (χ3n) is 8.53. The van der Waals surface area contributed by atoms with Crippen LogP contribution in [-0.2, 0) is 24.0 Å². The Bertz CT molecular complexity index is 1270. The maximum absolute atomic E-state index is 14.5. The van der Waals surface area contributed by atoms with Crippen molar-refractivity contribution in [3.8, 4) is 0 Å². The molecule has 5 atom stereocenters. The van der Waals surface area contributed by atoms with Crippen molar-refractivity contribution < 1.29 is 56.9 Å². The lowest BCUT2D eigenvalue weighted by Gasteiger charge is -2.39. The monoisotopic (exact) mass is 753 g/mol. The van der Waals surface area contributed by atoms with E-state index < -0.39 is 42.4 Å². The highest BCUT2D eigenvalue weighted by molar-refractivity contribution is 7.09. The normalized spacial score (nSPS) is 17.3. The molecule has 1 aliphatic heterocycles. The molecular formula is C33H54F3N5O9S. The Labute approximate surface area is 301 Å². The van der Waals surface area contributed by atoms with Gasteiger partial charge in [-0.3, -0.25) is 19.3 Å². The van der Waals surface area contributed by atoms with E-state index in [-0.39, 0.29) is 41.8 Å². The molecule has 2 heterocycles. The summed E-state index contributed by atoms with van der Waals surface area (Å²) < 4.78 is 37.4. The number of halogens is 3. The van der Waals surface area contributed by atoms with Gasteiger partial charge in [0.05, 0.1) is 18.7 Å². The number of ether oxygens (including phenoxy) is 1. The van der Waals surface area contributed by atoms with E-state index in [9.17, 15) is 37.5 Å². The molecule has 1 aliphatic rings. The molecule has 1 aromatic heterocycles. The summed E-state index contributed by atoms with van der Waals surface area (Å²) in [4.78, 5) is 73.2. The number of hydrogen-bond donors (Lipinski definition) is 4. The SMILES string of the molecule is CCCCCCON(C(=O)[C@@H](NC(=O)[C@H]1CCCCN1C)[C@@H](C)CC)[C@H](C[C@@H](OC(=O)NC)c1nc(C(=O)O)cs1)C(C)C.O=C(O)C(F)(F)F. The number of likely N-dealkylation sites (N-methyl/N-ethyl adjacent to an activating group) is 1. The fourth-order valence-electron chi connectivity index (χ4n) is 5.27. The molecule has 1 saturated heterocycles. The number of nitrogens with one attached hydrogen (secondary N) is 2. The van der Waals surface area contributed by atoms with Crippen molar-refractivity contribution in [1.29, 1.82) is 0 Å². The molecule has 292 valence electrons. The number of rotatable bonds is 18. The first-order valence-electron chi connectivity index (χ1n) is 17.2. The first-order chi connectivity index (χ1) is 23.9. The van der Waals surface area contributed by atoms with Gasteiger partial charge in [-0.1, -0.05) is 66.7 Å². The summed E-state index contributed by atoms with van der Waals surface area (Å²) in [6.07, 6.45) is 0.584. The zero-order chi connectivity index (χ0) is 38.9. The van der Waals surface area contributed by atoms with Crippen molar-refractivity contribution in [2.75, 3.05) is 27.2 Å². The largest absolute Gasteiger partial charge is 0.490 e. The third kappa shape index (κ3) is 15.3. The number of piperidine rings is 1. The fraction of sp³-hybridized carbons (Fsp3) is 0.758. The van der Waals surface area contributed by atoms with E-state index in [0.29, 0.717) is 18.0 Å². The summed E-state index contributed by atoms with van der Waals surface area (Å²) in [6.45, 7) is 11.1. The van der Waals surface area contributed by atoms with Crippen LogP contribution >= 0.6 is 11.3 Å². The van der Waals surface area contributed by atoms with E-state index in [1.165, 1.54) is 17.5 Å². The highest BCUT2D eigenvalue weighted by atomic mass is 32.1. The van der Waals surface area contributed by atoms with Crippen LogP contribution in [0.15, 0.2) is 5.38 Å². The summed E-state index contributed by atoms with van der Waals surface area (Å²) in [6, 6.07) is -1.70. The van der Waals surface area contributed by atoms with Crippen LogP contribution < -0.4 is 10.6 Å². The van der Waals surface area contributed by atoms with E-state index >= 15 is 0 Å². The van der Waals surface area contributed by atoms with Gasteiger partial charge in [-0.15, -0.1) is 11.3 Å². The van der Waals surface area contributed by atoms with E-state index in [0.717, 1.165) is 62.8 Å². The van der Waals surface area contributed by atoms with Crippen LogP contribution in [0.4, 0.5) is 18.0 Å². The molecule has 0 aliphatic carbocycles. The number of thiazole rings is 1. The highest BCUT2D eigenvalue weighted by Crippen LogP contribution is 2.32. The maximum atomic E-state index is 14.5. The predicted molar refractivity (Wildman–Crippen MR) is 183 cm³/mol. The summed E-state index contributed by atoms with van der Waals surface area (Å²) in [5.74, 6) is -4.79. The first-order valence-corrected chi connectivity index (χ1v) is 18.1. The molecule has 0 spiro atoms. The van der Waals surface area contributed by atoms with Gasteiger partial charge in [0.1, 0.15) is 11.0 Å². The van der Waals surface area contributed by atoms with Gasteiger partial charge < -0.3 is 25.6 Å². The van der Waals surface area contributed by atoms with Crippen molar-refractivity contribution in [3.63, 3.8) is 0 Å². The number of amides is 3. The van der Waals surface area contributed by atoms with Crippen LogP contribution in [0.2, 0.25) is 0 Å². The maximum Gasteiger partial charge on any atom is 0.490 e. The highest BCUT2D eigenvalue weighted by Gasteiger charge is 2.40. The molecule has 18 heteroatoms. The summed E-state index contributed by atoms with van der Waals surface area (Å²) >= 11 is 1.08. The summed E-state index contributed by atoms with van der Waals surface area (Å²) in [5.41, 5.74) is -0.149. The zero-order valence-electron chi connectivity index (χ0n) is 30.5. The predicted octanol–water partition coefficient (Wildman–Crippen LogP) is 5.64. The van der Waals surface area contributed by atoms with Crippen molar-refractivity contribution in [2.24, 2.45) is 11.8 Å². The number of alkyl halides is 3. The number of unbranched alkanes of at least 4 members (excludes halogenated alkanes) is 3. The molecule has 0 bridgehead atoms. The van der Waals surface area contributed by atoms with Gasteiger partial charge in [-0.05, 0) is 44.7 Å². The standard InChI is InChI=1S/C31H53N5O7S.C2HF3O2/c1-8-10-11-14-17-42-36(29(38)26(21(5)9-2)34-27(37)23-15-12-13-16-35(23)7)24(20(3)4)18-25(43-31(41)32-6)28-33-22(19-44-28)30(39)40;3-2(4,5)1(6)7/h19-21,23-26H,8-18H2,1-7H3,(H,32,41)(H,34,37)(H,39,40);(H,6,7)/t21-,23+,24+,25+,26-;/m0./s1. The van der Waals surface area contributed by atoms with E-state index in [1.54, 1.807) is 0 Å². The van der Waals surface area contributed by atoms with Crippen molar-refractivity contribution in [1.82, 2.24) is 25.6 Å². The van der Waals surface area contributed by atoms with Crippen LogP contribution in [0.1, 0.15) is 114 Å². The van der Waals surface area contributed by atoms with E-state index in [4.69, 9.17) is 19.5 Å². The molecule has 0 aromatic carbocycles. The molecule has 4 N–H and O–H groups in total. The molecule has 2 rings (SSSR count). The Balaban J connectivity index is 0.00000167. The second-order valence-corrected chi connectivity index (χ2v) is 13.7. The minimum absolute atomic E-state index is 0.116. The number of likely N-dealkylation sites (tertiary alicyclic amines) is 1. The molecule has 0 unspecified atom stereocenters. The molecule has 0 radical (unpaired) electrons. The number of hydrogen-bond acceptors (Lipinski definition) is 10. The van der Waals surface area contributed by atoms with Crippen LogP contribution in [-0.4, -0.2) is 107 Å². The number of nitrogens with zero attached hydrogens (tertiary/aromatic N) is 3. The molecule has 0 saturated carbocycles. The summed E-state index contributed by atoms with van der Waals surface area (Å²) in [5, 5.41) is 25.1. The van der Waals surface area contributed by atoms with Gasteiger partial charge in [0, 0.05) is 18.8 Å². The van der Waals surface area contributed by atoms with Gasteiger partial charge in [0.2, 0.25) is 5.91 Å². The minimum atomic E-state index is -5.08. The topological polar surface area (TPSA) is 188 Å². The van der Waals surface area contributed by atoms with E-state index in [2.05, 4.69) is 22.5 Å². The Morgan fingerprint density at radius 3 is 2.24 bits per heavy atom. The van der Waals surface area contributed by atoms with Crippen LogP contribution in [0.5, 0.6) is 0 Å². The van der Waals surface area contributed by atoms with Crippen molar-refractivity contribution in [2.45, 2.75) is 123 Å². The number of carbonyl (C=O) groups excluding carboxylic acids is 3. The Morgan fingerprint density at radius 2 is 1.75 bits per heavy atom. The third-order valence-corrected chi connectivity index (χ3v) is 9.47. The molecule has 3 amide bonds. The van der Waals surface area contributed by atoms with Gasteiger partial charge in [0.25, 0.3) is 5.91 Å². The second-order valence-electron chi connectivity index (χ2n) is 12.8. The molecule has 51 heavy (non-hydrogen) atoms. The average Bonchev–Trinajstić information content (AvgIpc) is 3.57. The number of aromatic carboxylic acids is 1. The number of alkyl carbamates (subject to hydrolysis) is 1. The number of aliphatic carboxylic acids is 1. The van der Waals surface area contributed by atoms with Crippen LogP contribution in [0, 0.1) is 11.8 Å². The number of aromatic nitrogens is 1. The number of carbonyl (C=O) groups is 5.